The lowest BCUT2D eigenvalue weighted by atomic mass is 10.2. The highest BCUT2D eigenvalue weighted by Gasteiger charge is 2.15. The molecule has 0 bridgehead atoms. The first-order valence-corrected chi connectivity index (χ1v) is 5.54. The minimum absolute atomic E-state index is 0.257. The van der Waals surface area contributed by atoms with Gasteiger partial charge >= 0.3 is 6.09 Å². The van der Waals surface area contributed by atoms with Crippen molar-refractivity contribution in [1.29, 1.82) is 0 Å². The fourth-order valence-electron chi connectivity index (χ4n) is 0.805. The third kappa shape index (κ3) is 8.35. The monoisotopic (exact) mass is 250 g/mol. The molecule has 0 spiro atoms. The molecular weight excluding hydrogens is 232 g/mol. The number of halogens is 1. The predicted molar refractivity (Wildman–Crippen MR) is 62.6 cm³/mol. The molecule has 5 nitrogen and oxygen atoms in total. The summed E-state index contributed by atoms with van der Waals surface area (Å²) >= 11 is 5.53. The smallest absolute Gasteiger partial charge is 0.407 e. The fraction of sp³-hybridized carbons (Fsp3) is 0.800. The second-order valence-electron chi connectivity index (χ2n) is 4.34. The first kappa shape index (κ1) is 15.0. The van der Waals surface area contributed by atoms with Gasteiger partial charge in [-0.15, -0.1) is 11.6 Å². The van der Waals surface area contributed by atoms with Gasteiger partial charge in [-0.1, -0.05) is 0 Å². The summed E-state index contributed by atoms with van der Waals surface area (Å²) in [5, 5.41) is 4.51. The summed E-state index contributed by atoms with van der Waals surface area (Å²) < 4.78 is 5.00. The van der Waals surface area contributed by atoms with E-state index >= 15 is 0 Å². The van der Waals surface area contributed by atoms with E-state index in [4.69, 9.17) is 16.3 Å². The Morgan fingerprint density at radius 2 is 1.75 bits per heavy atom. The maximum Gasteiger partial charge on any atom is 0.407 e. The molecule has 0 saturated carbocycles. The molecule has 0 aromatic carbocycles. The molecule has 0 aromatic rings. The summed E-state index contributed by atoms with van der Waals surface area (Å²) in [6.07, 6.45) is -0.499. The van der Waals surface area contributed by atoms with Crippen LogP contribution in [-0.4, -0.2) is 36.1 Å². The molecule has 1 atom stereocenters. The molecule has 1 unspecified atom stereocenters. The maximum atomic E-state index is 11.2. The summed E-state index contributed by atoms with van der Waals surface area (Å²) in [4.78, 5) is 22.2. The molecular formula is C10H19ClN2O3. The summed E-state index contributed by atoms with van der Waals surface area (Å²) in [6.45, 7) is 7.56. The van der Waals surface area contributed by atoms with Crippen LogP contribution in [-0.2, 0) is 9.53 Å². The number of amides is 2. The molecule has 16 heavy (non-hydrogen) atoms. The maximum absolute atomic E-state index is 11.2. The highest BCUT2D eigenvalue weighted by Crippen LogP contribution is 2.05. The molecule has 0 rings (SSSR count). The van der Waals surface area contributed by atoms with Crippen molar-refractivity contribution in [2.45, 2.75) is 38.7 Å². The van der Waals surface area contributed by atoms with E-state index in [0.29, 0.717) is 13.1 Å². The lowest BCUT2D eigenvalue weighted by Gasteiger charge is -2.19. The molecule has 0 saturated heterocycles. The number of alkyl carbamates (subject to hydrolysis) is 1. The van der Waals surface area contributed by atoms with Crippen LogP contribution in [0.15, 0.2) is 0 Å². The van der Waals surface area contributed by atoms with Crippen LogP contribution in [0.1, 0.15) is 27.7 Å². The van der Waals surface area contributed by atoms with Crippen molar-refractivity contribution >= 4 is 23.6 Å². The second kappa shape index (κ2) is 6.58. The van der Waals surface area contributed by atoms with Gasteiger partial charge in [0.25, 0.3) is 0 Å². The molecule has 0 aliphatic carbocycles. The van der Waals surface area contributed by atoms with Gasteiger partial charge in [-0.3, -0.25) is 4.79 Å². The van der Waals surface area contributed by atoms with Crippen molar-refractivity contribution in [1.82, 2.24) is 10.6 Å². The summed E-state index contributed by atoms with van der Waals surface area (Å²) in [5.74, 6) is -0.257. The number of nitrogens with one attached hydrogen (secondary N) is 2. The zero-order valence-corrected chi connectivity index (χ0v) is 10.9. The Labute approximate surface area is 101 Å². The van der Waals surface area contributed by atoms with Crippen LogP contribution in [0.2, 0.25) is 0 Å². The van der Waals surface area contributed by atoms with Crippen LogP contribution in [0.5, 0.6) is 0 Å². The molecule has 0 heterocycles. The average Bonchev–Trinajstić information content (AvgIpc) is 2.08. The van der Waals surface area contributed by atoms with Crippen LogP contribution in [0.4, 0.5) is 4.79 Å². The Balaban J connectivity index is 3.60. The van der Waals surface area contributed by atoms with Crippen molar-refractivity contribution in [3.05, 3.63) is 0 Å². The van der Waals surface area contributed by atoms with Gasteiger partial charge in [-0.25, -0.2) is 4.79 Å². The van der Waals surface area contributed by atoms with E-state index < -0.39 is 17.1 Å². The minimum atomic E-state index is -0.568. The van der Waals surface area contributed by atoms with Gasteiger partial charge in [0.1, 0.15) is 11.0 Å². The number of alkyl halides is 1. The third-order valence-electron chi connectivity index (χ3n) is 1.45. The Morgan fingerprint density at radius 3 is 2.19 bits per heavy atom. The first-order chi connectivity index (χ1) is 7.22. The standard InChI is InChI=1S/C10H19ClN2O3/c1-7(11)8(14)12-5-6-13-9(15)16-10(2,3)4/h7H,5-6H2,1-4H3,(H,12,14)(H,13,15). The van der Waals surface area contributed by atoms with Crippen molar-refractivity contribution in [2.75, 3.05) is 13.1 Å². The van der Waals surface area contributed by atoms with Crippen LogP contribution < -0.4 is 10.6 Å². The predicted octanol–water partition coefficient (Wildman–Crippen LogP) is 1.25. The van der Waals surface area contributed by atoms with Crippen LogP contribution in [0.3, 0.4) is 0 Å². The number of carbonyl (C=O) groups is 2. The van der Waals surface area contributed by atoms with Gasteiger partial charge < -0.3 is 15.4 Å². The van der Waals surface area contributed by atoms with E-state index in [1.165, 1.54) is 0 Å². The topological polar surface area (TPSA) is 67.4 Å². The van der Waals surface area contributed by atoms with Gasteiger partial charge in [-0.2, -0.15) is 0 Å². The van der Waals surface area contributed by atoms with E-state index in [1.54, 1.807) is 27.7 Å². The lowest BCUT2D eigenvalue weighted by Crippen LogP contribution is -2.39. The van der Waals surface area contributed by atoms with Gasteiger partial charge in [0.2, 0.25) is 5.91 Å². The van der Waals surface area contributed by atoms with Crippen molar-refractivity contribution in [3.63, 3.8) is 0 Å². The van der Waals surface area contributed by atoms with Gasteiger partial charge in [0, 0.05) is 13.1 Å². The van der Waals surface area contributed by atoms with Crippen LogP contribution in [0.25, 0.3) is 0 Å². The minimum Gasteiger partial charge on any atom is -0.444 e. The Bertz CT molecular complexity index is 249. The van der Waals surface area contributed by atoms with E-state index in [1.807, 2.05) is 0 Å². The molecule has 6 heteroatoms. The van der Waals surface area contributed by atoms with Crippen molar-refractivity contribution in [3.8, 4) is 0 Å². The van der Waals surface area contributed by atoms with Crippen molar-refractivity contribution < 1.29 is 14.3 Å². The van der Waals surface area contributed by atoms with E-state index in [-0.39, 0.29) is 5.91 Å². The van der Waals surface area contributed by atoms with E-state index in [2.05, 4.69) is 10.6 Å². The van der Waals surface area contributed by atoms with E-state index in [0.717, 1.165) is 0 Å². The Morgan fingerprint density at radius 1 is 1.25 bits per heavy atom. The average molecular weight is 251 g/mol. The number of rotatable bonds is 4. The van der Waals surface area contributed by atoms with Gasteiger partial charge in [0.05, 0.1) is 0 Å². The van der Waals surface area contributed by atoms with E-state index in [9.17, 15) is 9.59 Å². The number of ether oxygens (including phenoxy) is 1. The lowest BCUT2D eigenvalue weighted by molar-refractivity contribution is -0.120. The van der Waals surface area contributed by atoms with Crippen LogP contribution >= 0.6 is 11.6 Å². The Kier molecular flexibility index (Phi) is 6.18. The molecule has 0 aromatic heterocycles. The van der Waals surface area contributed by atoms with Crippen LogP contribution in [0, 0.1) is 0 Å². The van der Waals surface area contributed by atoms with Gasteiger partial charge in [-0.05, 0) is 27.7 Å². The zero-order chi connectivity index (χ0) is 12.8. The largest absolute Gasteiger partial charge is 0.444 e. The molecule has 94 valence electrons. The number of hydrogen-bond donors (Lipinski definition) is 2. The first-order valence-electron chi connectivity index (χ1n) is 5.11. The molecule has 0 aliphatic heterocycles. The molecule has 2 N–H and O–H groups in total. The number of carbonyl (C=O) groups excluding carboxylic acids is 2. The van der Waals surface area contributed by atoms with Crippen molar-refractivity contribution in [2.24, 2.45) is 0 Å². The SMILES string of the molecule is CC(Cl)C(=O)NCCNC(=O)OC(C)(C)C. The summed E-state index contributed by atoms with van der Waals surface area (Å²) in [5.41, 5.74) is -0.516. The quantitative estimate of drug-likeness (QED) is 0.583. The molecule has 0 fully saturated rings. The fourth-order valence-corrected chi connectivity index (χ4v) is 0.882. The zero-order valence-electron chi connectivity index (χ0n) is 10.1. The molecule has 0 aliphatic rings. The highest BCUT2D eigenvalue weighted by molar-refractivity contribution is 6.30. The highest BCUT2D eigenvalue weighted by atomic mass is 35.5. The molecule has 0 radical (unpaired) electrons. The summed E-state index contributed by atoms with van der Waals surface area (Å²) in [7, 11) is 0. The third-order valence-corrected chi connectivity index (χ3v) is 1.65. The van der Waals surface area contributed by atoms with Gasteiger partial charge in [0.15, 0.2) is 0 Å². The summed E-state index contributed by atoms with van der Waals surface area (Å²) in [6, 6.07) is 0. The Hall–Kier alpha value is -0.970. The normalized spacial score (nSPS) is 12.8. The second-order valence-corrected chi connectivity index (χ2v) is 4.99. The molecule has 2 amide bonds. The number of hydrogen-bond acceptors (Lipinski definition) is 3.